The standard InChI is InChI=1S/C8H9NOS/c1-6-5-10-7-3-2-4-9-8(7)11-6/h2-4,6H,5H2,1H3. The zero-order valence-corrected chi connectivity index (χ0v) is 7.10. The fourth-order valence-corrected chi connectivity index (χ4v) is 1.89. The van der Waals surface area contributed by atoms with Crippen LogP contribution in [-0.4, -0.2) is 16.8 Å². The SMILES string of the molecule is CC1COc2cccnc2S1. The van der Waals surface area contributed by atoms with E-state index in [-0.39, 0.29) is 0 Å². The zero-order chi connectivity index (χ0) is 7.68. The van der Waals surface area contributed by atoms with E-state index in [1.165, 1.54) is 0 Å². The molecule has 0 radical (unpaired) electrons. The molecule has 1 aromatic rings. The van der Waals surface area contributed by atoms with Crippen molar-refractivity contribution in [1.82, 2.24) is 4.98 Å². The van der Waals surface area contributed by atoms with Gasteiger partial charge in [0.2, 0.25) is 0 Å². The summed E-state index contributed by atoms with van der Waals surface area (Å²) in [7, 11) is 0. The van der Waals surface area contributed by atoms with Crippen molar-refractivity contribution in [2.24, 2.45) is 0 Å². The van der Waals surface area contributed by atoms with Gasteiger partial charge >= 0.3 is 0 Å². The number of ether oxygens (including phenoxy) is 1. The summed E-state index contributed by atoms with van der Waals surface area (Å²) in [5, 5.41) is 1.55. The topological polar surface area (TPSA) is 22.1 Å². The van der Waals surface area contributed by atoms with Gasteiger partial charge in [-0.15, -0.1) is 0 Å². The van der Waals surface area contributed by atoms with Crippen LogP contribution in [0.2, 0.25) is 0 Å². The summed E-state index contributed by atoms with van der Waals surface area (Å²) in [6.07, 6.45) is 1.80. The molecule has 0 amide bonds. The van der Waals surface area contributed by atoms with Crippen LogP contribution in [0.5, 0.6) is 5.75 Å². The Balaban J connectivity index is 2.34. The quantitative estimate of drug-likeness (QED) is 0.589. The van der Waals surface area contributed by atoms with Gasteiger partial charge < -0.3 is 4.74 Å². The fraction of sp³-hybridized carbons (Fsp3) is 0.375. The molecule has 1 atom stereocenters. The summed E-state index contributed by atoms with van der Waals surface area (Å²) in [6, 6.07) is 3.86. The zero-order valence-electron chi connectivity index (χ0n) is 6.28. The van der Waals surface area contributed by atoms with Gasteiger partial charge in [0.15, 0.2) is 5.75 Å². The van der Waals surface area contributed by atoms with E-state index in [9.17, 15) is 0 Å². The van der Waals surface area contributed by atoms with E-state index in [1.807, 2.05) is 12.1 Å². The Kier molecular flexibility index (Phi) is 1.74. The van der Waals surface area contributed by atoms with Crippen molar-refractivity contribution in [3.05, 3.63) is 18.3 Å². The minimum Gasteiger partial charge on any atom is -0.490 e. The molecule has 0 spiro atoms. The molecule has 0 aliphatic carbocycles. The molecular weight excluding hydrogens is 158 g/mol. The average molecular weight is 167 g/mol. The van der Waals surface area contributed by atoms with Crippen LogP contribution < -0.4 is 4.74 Å². The molecule has 1 aliphatic heterocycles. The Labute approximate surface area is 70.0 Å². The van der Waals surface area contributed by atoms with Crippen molar-refractivity contribution in [3.63, 3.8) is 0 Å². The van der Waals surface area contributed by atoms with Gasteiger partial charge in [-0.3, -0.25) is 0 Å². The highest BCUT2D eigenvalue weighted by atomic mass is 32.2. The summed E-state index contributed by atoms with van der Waals surface area (Å²) in [6.45, 7) is 2.94. The lowest BCUT2D eigenvalue weighted by molar-refractivity contribution is 0.304. The van der Waals surface area contributed by atoms with Gasteiger partial charge in [0.1, 0.15) is 11.6 Å². The summed E-state index contributed by atoms with van der Waals surface area (Å²) in [4.78, 5) is 4.21. The van der Waals surface area contributed by atoms with Gasteiger partial charge in [0.05, 0.1) is 0 Å². The second kappa shape index (κ2) is 2.74. The van der Waals surface area contributed by atoms with Crippen LogP contribution in [0, 0.1) is 0 Å². The van der Waals surface area contributed by atoms with Crippen LogP contribution in [0.4, 0.5) is 0 Å². The van der Waals surface area contributed by atoms with Gasteiger partial charge in [-0.25, -0.2) is 4.98 Å². The summed E-state index contributed by atoms with van der Waals surface area (Å²) in [5.41, 5.74) is 0. The monoisotopic (exact) mass is 167 g/mol. The van der Waals surface area contributed by atoms with Gasteiger partial charge in [0, 0.05) is 11.4 Å². The highest BCUT2D eigenvalue weighted by molar-refractivity contribution is 8.00. The maximum absolute atomic E-state index is 5.45. The number of thioether (sulfide) groups is 1. The summed E-state index contributed by atoms with van der Waals surface area (Å²) in [5.74, 6) is 0.926. The van der Waals surface area contributed by atoms with E-state index in [0.29, 0.717) is 5.25 Å². The van der Waals surface area contributed by atoms with E-state index in [0.717, 1.165) is 17.4 Å². The number of hydrogen-bond acceptors (Lipinski definition) is 3. The molecule has 3 heteroatoms. The molecule has 0 aromatic carbocycles. The Morgan fingerprint density at radius 2 is 2.64 bits per heavy atom. The van der Waals surface area contributed by atoms with Crippen molar-refractivity contribution in [3.8, 4) is 5.75 Å². The van der Waals surface area contributed by atoms with E-state index in [4.69, 9.17) is 4.74 Å². The first-order chi connectivity index (χ1) is 5.36. The van der Waals surface area contributed by atoms with Crippen LogP contribution >= 0.6 is 11.8 Å². The highest BCUT2D eigenvalue weighted by Crippen LogP contribution is 2.34. The number of fused-ring (bicyclic) bond motifs is 1. The maximum atomic E-state index is 5.45. The van der Waals surface area contributed by atoms with E-state index >= 15 is 0 Å². The normalized spacial score (nSPS) is 22.1. The third-order valence-electron chi connectivity index (χ3n) is 1.52. The second-order valence-electron chi connectivity index (χ2n) is 2.55. The summed E-state index contributed by atoms with van der Waals surface area (Å²) < 4.78 is 5.45. The smallest absolute Gasteiger partial charge is 0.151 e. The number of nitrogens with zero attached hydrogens (tertiary/aromatic N) is 1. The second-order valence-corrected chi connectivity index (χ2v) is 3.97. The summed E-state index contributed by atoms with van der Waals surface area (Å²) >= 11 is 1.78. The van der Waals surface area contributed by atoms with Crippen molar-refractivity contribution in [2.45, 2.75) is 17.2 Å². The molecule has 0 fully saturated rings. The highest BCUT2D eigenvalue weighted by Gasteiger charge is 2.16. The Morgan fingerprint density at radius 3 is 3.55 bits per heavy atom. The van der Waals surface area contributed by atoms with E-state index in [2.05, 4.69) is 11.9 Å². The third-order valence-corrected chi connectivity index (χ3v) is 2.59. The van der Waals surface area contributed by atoms with Gasteiger partial charge in [-0.2, -0.15) is 0 Å². The van der Waals surface area contributed by atoms with E-state index in [1.54, 1.807) is 18.0 Å². The lowest BCUT2D eigenvalue weighted by Gasteiger charge is -2.20. The Bertz CT molecular complexity index is 264. The first-order valence-electron chi connectivity index (χ1n) is 3.61. The lowest BCUT2D eigenvalue weighted by Crippen LogP contribution is -2.15. The average Bonchev–Trinajstić information content (AvgIpc) is 2.04. The molecule has 1 aromatic heterocycles. The molecule has 2 heterocycles. The number of hydrogen-bond donors (Lipinski definition) is 0. The molecule has 0 N–H and O–H groups in total. The van der Waals surface area contributed by atoms with Crippen molar-refractivity contribution < 1.29 is 4.74 Å². The predicted molar refractivity (Wildman–Crippen MR) is 45.1 cm³/mol. The van der Waals surface area contributed by atoms with Gasteiger partial charge in [-0.05, 0) is 19.1 Å². The lowest BCUT2D eigenvalue weighted by atomic mass is 10.4. The fourth-order valence-electron chi connectivity index (χ4n) is 1.01. The molecule has 0 bridgehead atoms. The van der Waals surface area contributed by atoms with Gasteiger partial charge in [-0.1, -0.05) is 11.8 Å². The Morgan fingerprint density at radius 1 is 1.73 bits per heavy atom. The molecule has 2 nitrogen and oxygen atoms in total. The molecule has 0 saturated heterocycles. The first-order valence-corrected chi connectivity index (χ1v) is 4.49. The predicted octanol–water partition coefficient (Wildman–Crippen LogP) is 1.95. The van der Waals surface area contributed by atoms with Crippen LogP contribution in [0.3, 0.4) is 0 Å². The minimum absolute atomic E-state index is 0.525. The van der Waals surface area contributed by atoms with Crippen LogP contribution in [0.1, 0.15) is 6.92 Å². The molecular formula is C8H9NOS. The van der Waals surface area contributed by atoms with Gasteiger partial charge in [0.25, 0.3) is 0 Å². The van der Waals surface area contributed by atoms with Crippen LogP contribution in [0.25, 0.3) is 0 Å². The minimum atomic E-state index is 0.525. The molecule has 58 valence electrons. The van der Waals surface area contributed by atoms with E-state index < -0.39 is 0 Å². The first kappa shape index (κ1) is 6.98. The molecule has 11 heavy (non-hydrogen) atoms. The van der Waals surface area contributed by atoms with Crippen molar-refractivity contribution >= 4 is 11.8 Å². The molecule has 0 saturated carbocycles. The third kappa shape index (κ3) is 1.33. The van der Waals surface area contributed by atoms with Crippen LogP contribution in [0.15, 0.2) is 23.4 Å². The number of pyridine rings is 1. The molecule has 2 rings (SSSR count). The number of aromatic nitrogens is 1. The maximum Gasteiger partial charge on any atom is 0.151 e. The number of rotatable bonds is 0. The van der Waals surface area contributed by atoms with Crippen molar-refractivity contribution in [2.75, 3.05) is 6.61 Å². The molecule has 1 aliphatic rings. The molecule has 1 unspecified atom stereocenters. The van der Waals surface area contributed by atoms with Crippen LogP contribution in [-0.2, 0) is 0 Å². The van der Waals surface area contributed by atoms with Crippen molar-refractivity contribution in [1.29, 1.82) is 0 Å². The Hall–Kier alpha value is -0.700. The largest absolute Gasteiger partial charge is 0.490 e.